The van der Waals surface area contributed by atoms with Crippen LogP contribution in [0.15, 0.2) is 24.3 Å². The molecule has 0 saturated heterocycles. The number of unbranched alkanes of at least 4 members (excludes halogenated alkanes) is 1. The zero-order valence-electron chi connectivity index (χ0n) is 16.2. The van der Waals surface area contributed by atoms with Crippen molar-refractivity contribution in [3.63, 3.8) is 0 Å². The summed E-state index contributed by atoms with van der Waals surface area (Å²) in [6.07, 6.45) is 1.87. The number of anilines is 1. The van der Waals surface area contributed by atoms with Gasteiger partial charge in [0.15, 0.2) is 5.82 Å². The van der Waals surface area contributed by atoms with Crippen LogP contribution in [0.5, 0.6) is 0 Å². The van der Waals surface area contributed by atoms with Crippen LogP contribution in [0.25, 0.3) is 0 Å². The normalized spacial score (nSPS) is 14.4. The molecule has 1 aromatic carbocycles. The summed E-state index contributed by atoms with van der Waals surface area (Å²) in [6.45, 7) is 7.06. The topological polar surface area (TPSA) is 100 Å². The molecule has 3 amide bonds. The molecule has 4 N–H and O–H groups in total. The predicted molar refractivity (Wildman–Crippen MR) is 104 cm³/mol. The Labute approximate surface area is 162 Å². The number of amides is 3. The number of halogens is 1. The van der Waals surface area contributed by atoms with E-state index in [1.54, 1.807) is 0 Å². The molecule has 150 valence electrons. The summed E-state index contributed by atoms with van der Waals surface area (Å²) >= 11 is 0. The Hall–Kier alpha value is -2.94. The lowest BCUT2D eigenvalue weighted by Crippen LogP contribution is -2.39. The van der Waals surface area contributed by atoms with Crippen molar-refractivity contribution in [2.75, 3.05) is 17.3 Å². The molecule has 1 aromatic heterocycles. The van der Waals surface area contributed by atoms with E-state index in [1.165, 1.54) is 29.1 Å². The summed E-state index contributed by atoms with van der Waals surface area (Å²) in [5, 5.41) is 13.2. The number of nitrogens with zero attached hydrogens (tertiary/aromatic N) is 2. The van der Waals surface area contributed by atoms with E-state index < -0.39 is 17.3 Å². The summed E-state index contributed by atoms with van der Waals surface area (Å²) < 4.78 is 13.1. The molecule has 9 heteroatoms. The number of rotatable bonds is 6. The molecule has 3 rings (SSSR count). The lowest BCUT2D eigenvalue weighted by Gasteiger charge is -2.21. The number of hydrogen-bond donors (Lipinski definition) is 4. The van der Waals surface area contributed by atoms with Crippen LogP contribution >= 0.6 is 0 Å². The minimum Gasteiger partial charge on any atom is -0.337 e. The fourth-order valence-electron chi connectivity index (χ4n) is 3.13. The van der Waals surface area contributed by atoms with Crippen LogP contribution in [0, 0.1) is 5.82 Å². The standard InChI is InChI=1S/C19H25FN6O2/c1-4-5-10-21-18(28)25-26-15-14(11-22-19(15,2)3)16(24-26)23-17(27)12-6-8-13(20)9-7-12/h6-9,22H,4-5,10-11H2,1-3H3,(H2,21,25,28)(H,23,24,27). The van der Waals surface area contributed by atoms with Crippen molar-refractivity contribution >= 4 is 17.8 Å². The van der Waals surface area contributed by atoms with Crippen molar-refractivity contribution in [1.82, 2.24) is 20.5 Å². The number of hydrogen-bond acceptors (Lipinski definition) is 4. The number of nitrogens with one attached hydrogen (secondary N) is 4. The third-order valence-electron chi connectivity index (χ3n) is 4.64. The second-order valence-corrected chi connectivity index (χ2v) is 7.25. The molecule has 0 bridgehead atoms. The van der Waals surface area contributed by atoms with Gasteiger partial charge in [0.1, 0.15) is 5.82 Å². The average molecular weight is 388 g/mol. The fourth-order valence-corrected chi connectivity index (χ4v) is 3.13. The molecule has 2 heterocycles. The predicted octanol–water partition coefficient (Wildman–Crippen LogP) is 2.67. The minimum atomic E-state index is -0.433. The van der Waals surface area contributed by atoms with Crippen molar-refractivity contribution < 1.29 is 14.0 Å². The van der Waals surface area contributed by atoms with Crippen molar-refractivity contribution in [2.45, 2.75) is 45.7 Å². The van der Waals surface area contributed by atoms with E-state index in [4.69, 9.17) is 0 Å². The maximum absolute atomic E-state index is 13.1. The van der Waals surface area contributed by atoms with Crippen LogP contribution in [-0.4, -0.2) is 28.4 Å². The molecule has 1 aliphatic rings. The molecular weight excluding hydrogens is 363 g/mol. The van der Waals surface area contributed by atoms with Gasteiger partial charge in [-0.25, -0.2) is 14.6 Å². The summed E-state index contributed by atoms with van der Waals surface area (Å²) in [5.41, 5.74) is 4.17. The Morgan fingerprint density at radius 1 is 1.29 bits per heavy atom. The van der Waals surface area contributed by atoms with E-state index in [9.17, 15) is 14.0 Å². The Morgan fingerprint density at radius 3 is 2.68 bits per heavy atom. The number of benzene rings is 1. The quantitative estimate of drug-likeness (QED) is 0.572. The molecule has 0 spiro atoms. The van der Waals surface area contributed by atoms with Gasteiger partial charge in [0.2, 0.25) is 0 Å². The zero-order chi connectivity index (χ0) is 20.3. The summed E-state index contributed by atoms with van der Waals surface area (Å²) in [4.78, 5) is 26.0. The largest absolute Gasteiger partial charge is 0.337 e. The number of carbonyl (C=O) groups excluding carboxylic acids is 2. The Morgan fingerprint density at radius 2 is 2.00 bits per heavy atom. The lowest BCUT2D eigenvalue weighted by atomic mass is 10.0. The molecular formula is C19H25FN6O2. The fraction of sp³-hybridized carbons (Fsp3) is 0.421. The second-order valence-electron chi connectivity index (χ2n) is 7.25. The first-order chi connectivity index (χ1) is 13.3. The highest BCUT2D eigenvalue weighted by Gasteiger charge is 2.37. The van der Waals surface area contributed by atoms with Crippen LogP contribution in [0.3, 0.4) is 0 Å². The molecule has 0 atom stereocenters. The van der Waals surface area contributed by atoms with Crippen LogP contribution in [0.2, 0.25) is 0 Å². The first kappa shape index (κ1) is 19.8. The van der Waals surface area contributed by atoms with Gasteiger partial charge in [-0.1, -0.05) is 13.3 Å². The Balaban J connectivity index is 1.82. The van der Waals surface area contributed by atoms with E-state index in [0.717, 1.165) is 24.1 Å². The van der Waals surface area contributed by atoms with Crippen molar-refractivity contribution in [3.8, 4) is 0 Å². The molecule has 0 radical (unpaired) electrons. The maximum atomic E-state index is 13.1. The molecule has 1 aliphatic heterocycles. The molecule has 2 aromatic rings. The monoisotopic (exact) mass is 388 g/mol. The summed E-state index contributed by atoms with van der Waals surface area (Å²) in [5.74, 6) is -0.452. The first-order valence-electron chi connectivity index (χ1n) is 9.31. The minimum absolute atomic E-state index is 0.320. The van der Waals surface area contributed by atoms with Crippen LogP contribution in [-0.2, 0) is 12.1 Å². The van der Waals surface area contributed by atoms with Gasteiger partial charge >= 0.3 is 6.03 Å². The zero-order valence-corrected chi connectivity index (χ0v) is 16.2. The molecule has 0 saturated carbocycles. The third-order valence-corrected chi connectivity index (χ3v) is 4.64. The van der Waals surface area contributed by atoms with Gasteiger partial charge in [0.25, 0.3) is 5.91 Å². The Bertz CT molecular complexity index is 875. The van der Waals surface area contributed by atoms with Gasteiger partial charge < -0.3 is 16.0 Å². The van der Waals surface area contributed by atoms with Crippen LogP contribution in [0.1, 0.15) is 55.2 Å². The van der Waals surface area contributed by atoms with Gasteiger partial charge in [-0.05, 0) is 44.5 Å². The van der Waals surface area contributed by atoms with Crippen LogP contribution in [0.4, 0.5) is 15.0 Å². The number of urea groups is 1. The van der Waals surface area contributed by atoms with E-state index >= 15 is 0 Å². The second kappa shape index (κ2) is 7.97. The van der Waals surface area contributed by atoms with Crippen molar-refractivity contribution in [3.05, 3.63) is 46.9 Å². The number of carbonyl (C=O) groups is 2. The number of aromatic nitrogens is 2. The molecule has 0 unspecified atom stereocenters. The first-order valence-corrected chi connectivity index (χ1v) is 9.31. The van der Waals surface area contributed by atoms with Crippen molar-refractivity contribution in [1.29, 1.82) is 0 Å². The molecule has 0 fully saturated rings. The Kier molecular flexibility index (Phi) is 5.64. The smallest absolute Gasteiger partial charge is 0.335 e. The van der Waals surface area contributed by atoms with E-state index in [0.29, 0.717) is 24.5 Å². The van der Waals surface area contributed by atoms with Crippen LogP contribution < -0.4 is 21.4 Å². The lowest BCUT2D eigenvalue weighted by molar-refractivity contribution is 0.102. The SMILES string of the molecule is CCCCNC(=O)Nn1nc(NC(=O)c2ccc(F)cc2)c2c1C(C)(C)NC2. The third kappa shape index (κ3) is 4.14. The number of fused-ring (bicyclic) bond motifs is 1. The van der Waals surface area contributed by atoms with Gasteiger partial charge in [-0.3, -0.25) is 4.79 Å². The summed E-state index contributed by atoms with van der Waals surface area (Å²) in [6, 6.07) is 4.90. The molecule has 0 aliphatic carbocycles. The highest BCUT2D eigenvalue weighted by atomic mass is 19.1. The van der Waals surface area contributed by atoms with Crippen molar-refractivity contribution in [2.24, 2.45) is 0 Å². The summed E-state index contributed by atoms with van der Waals surface area (Å²) in [7, 11) is 0. The van der Waals surface area contributed by atoms with E-state index in [2.05, 4.69) is 26.5 Å². The maximum Gasteiger partial charge on any atom is 0.335 e. The van der Waals surface area contributed by atoms with Gasteiger partial charge in [-0.15, -0.1) is 5.10 Å². The highest BCUT2D eigenvalue weighted by molar-refractivity contribution is 6.04. The van der Waals surface area contributed by atoms with Gasteiger partial charge in [-0.2, -0.15) is 4.79 Å². The molecule has 8 nitrogen and oxygen atoms in total. The van der Waals surface area contributed by atoms with Gasteiger partial charge in [0.05, 0.1) is 11.2 Å². The van der Waals surface area contributed by atoms with Gasteiger partial charge in [0, 0.05) is 24.2 Å². The van der Waals surface area contributed by atoms with E-state index in [1.807, 2.05) is 20.8 Å². The van der Waals surface area contributed by atoms with E-state index in [-0.39, 0.29) is 6.03 Å². The highest BCUT2D eigenvalue weighted by Crippen LogP contribution is 2.34. The average Bonchev–Trinajstić information content (AvgIpc) is 3.14. The molecule has 28 heavy (non-hydrogen) atoms.